The number of hydrogen-bond acceptors (Lipinski definition) is 5. The third kappa shape index (κ3) is 4.86. The summed E-state index contributed by atoms with van der Waals surface area (Å²) < 4.78 is 16.4. The lowest BCUT2D eigenvalue weighted by Gasteiger charge is -2.13. The largest absolute Gasteiger partial charge is 0.497 e. The van der Waals surface area contributed by atoms with Gasteiger partial charge in [-0.2, -0.15) is 0 Å². The molecule has 33 heavy (non-hydrogen) atoms. The SMILES string of the molecule is CCOc1cc(-c2cccc(OC)c2)nc2ccc(C(=O)Nc3ccc(OC)c(Cl)c3)cc12. The van der Waals surface area contributed by atoms with Crippen LogP contribution in [0.4, 0.5) is 5.69 Å². The molecule has 0 bridgehead atoms. The minimum atomic E-state index is -0.266. The number of ether oxygens (including phenoxy) is 3. The van der Waals surface area contributed by atoms with Crippen LogP contribution in [0.15, 0.2) is 66.7 Å². The van der Waals surface area contributed by atoms with Crippen LogP contribution in [0.3, 0.4) is 0 Å². The van der Waals surface area contributed by atoms with E-state index in [9.17, 15) is 4.79 Å². The van der Waals surface area contributed by atoms with Crippen molar-refractivity contribution in [3.8, 4) is 28.5 Å². The molecule has 1 amide bonds. The fourth-order valence-corrected chi connectivity index (χ4v) is 3.75. The Labute approximate surface area is 197 Å². The average Bonchev–Trinajstić information content (AvgIpc) is 2.84. The monoisotopic (exact) mass is 462 g/mol. The topological polar surface area (TPSA) is 69.7 Å². The van der Waals surface area contributed by atoms with E-state index in [-0.39, 0.29) is 5.91 Å². The van der Waals surface area contributed by atoms with Crippen LogP contribution in [0.5, 0.6) is 17.2 Å². The minimum Gasteiger partial charge on any atom is -0.497 e. The van der Waals surface area contributed by atoms with Crippen LogP contribution in [-0.4, -0.2) is 31.7 Å². The first-order valence-corrected chi connectivity index (χ1v) is 10.8. The molecule has 1 aromatic heterocycles. The molecule has 0 atom stereocenters. The normalized spacial score (nSPS) is 10.7. The quantitative estimate of drug-likeness (QED) is 0.353. The van der Waals surface area contributed by atoms with E-state index in [1.165, 1.54) is 7.11 Å². The molecular formula is C26H23ClN2O4. The van der Waals surface area contributed by atoms with E-state index in [0.29, 0.717) is 34.4 Å². The average molecular weight is 463 g/mol. The number of halogens is 1. The van der Waals surface area contributed by atoms with Gasteiger partial charge in [-0.3, -0.25) is 4.79 Å². The number of pyridine rings is 1. The van der Waals surface area contributed by atoms with Gasteiger partial charge in [0.25, 0.3) is 5.91 Å². The molecule has 0 aliphatic carbocycles. The molecule has 7 heteroatoms. The number of carbonyl (C=O) groups excluding carboxylic acids is 1. The van der Waals surface area contributed by atoms with Crippen LogP contribution < -0.4 is 19.5 Å². The smallest absolute Gasteiger partial charge is 0.255 e. The number of amides is 1. The number of nitrogens with zero attached hydrogens (tertiary/aromatic N) is 1. The second-order valence-corrected chi connectivity index (χ2v) is 7.61. The molecule has 0 saturated heterocycles. The summed E-state index contributed by atoms with van der Waals surface area (Å²) in [5, 5.41) is 4.03. The van der Waals surface area contributed by atoms with Crippen LogP contribution >= 0.6 is 11.6 Å². The third-order valence-electron chi connectivity index (χ3n) is 5.11. The lowest BCUT2D eigenvalue weighted by molar-refractivity contribution is 0.102. The van der Waals surface area contributed by atoms with Gasteiger partial charge in [0, 0.05) is 28.3 Å². The first-order valence-electron chi connectivity index (χ1n) is 10.4. The van der Waals surface area contributed by atoms with Crippen LogP contribution in [0.1, 0.15) is 17.3 Å². The van der Waals surface area contributed by atoms with Crippen molar-refractivity contribution in [3.05, 3.63) is 77.3 Å². The van der Waals surface area contributed by atoms with Gasteiger partial charge in [0.05, 0.1) is 37.1 Å². The molecule has 1 heterocycles. The lowest BCUT2D eigenvalue weighted by Crippen LogP contribution is -2.12. The van der Waals surface area contributed by atoms with Crippen LogP contribution in [0.25, 0.3) is 22.2 Å². The van der Waals surface area contributed by atoms with Gasteiger partial charge in [-0.05, 0) is 55.5 Å². The van der Waals surface area contributed by atoms with E-state index in [1.807, 2.05) is 43.3 Å². The predicted octanol–water partition coefficient (Wildman–Crippen LogP) is 6.22. The number of fused-ring (bicyclic) bond motifs is 1. The van der Waals surface area contributed by atoms with E-state index in [0.717, 1.165) is 27.9 Å². The fourth-order valence-electron chi connectivity index (χ4n) is 3.49. The van der Waals surface area contributed by atoms with Gasteiger partial charge in [0.1, 0.15) is 17.2 Å². The first-order chi connectivity index (χ1) is 16.0. The molecule has 168 valence electrons. The standard InChI is InChI=1S/C26H23ClN2O4/c1-4-33-25-15-23(16-6-5-7-19(12-16)31-2)29-22-10-8-17(13-20(22)25)26(30)28-18-9-11-24(32-3)21(27)14-18/h5-15H,4H2,1-3H3,(H,28,30). The van der Waals surface area contributed by atoms with Gasteiger partial charge in [-0.15, -0.1) is 0 Å². The number of nitrogens with one attached hydrogen (secondary N) is 1. The van der Waals surface area contributed by atoms with Gasteiger partial charge in [0.2, 0.25) is 0 Å². The summed E-state index contributed by atoms with van der Waals surface area (Å²) in [7, 11) is 3.17. The Morgan fingerprint density at radius 1 is 0.970 bits per heavy atom. The van der Waals surface area contributed by atoms with Crippen molar-refractivity contribution in [1.82, 2.24) is 4.98 Å². The Bertz CT molecular complexity index is 1320. The van der Waals surface area contributed by atoms with Gasteiger partial charge in [0.15, 0.2) is 0 Å². The van der Waals surface area contributed by atoms with Crippen molar-refractivity contribution >= 4 is 34.1 Å². The number of methoxy groups -OCH3 is 2. The zero-order chi connectivity index (χ0) is 23.4. The Morgan fingerprint density at radius 2 is 1.82 bits per heavy atom. The first kappa shape index (κ1) is 22.4. The fraction of sp³-hybridized carbons (Fsp3) is 0.154. The van der Waals surface area contributed by atoms with Crippen molar-refractivity contribution in [3.63, 3.8) is 0 Å². The van der Waals surface area contributed by atoms with E-state index in [1.54, 1.807) is 37.4 Å². The summed E-state index contributed by atoms with van der Waals surface area (Å²) in [4.78, 5) is 17.7. The maximum absolute atomic E-state index is 12.9. The Hall–Kier alpha value is -3.77. The molecule has 0 spiro atoms. The van der Waals surface area contributed by atoms with Gasteiger partial charge < -0.3 is 19.5 Å². The van der Waals surface area contributed by atoms with Crippen molar-refractivity contribution in [2.45, 2.75) is 6.92 Å². The van der Waals surface area contributed by atoms with Crippen molar-refractivity contribution in [1.29, 1.82) is 0 Å². The molecule has 4 aromatic rings. The number of hydrogen-bond donors (Lipinski definition) is 1. The van der Waals surface area contributed by atoms with Crippen molar-refractivity contribution in [2.75, 3.05) is 26.1 Å². The highest BCUT2D eigenvalue weighted by Crippen LogP contribution is 2.32. The van der Waals surface area contributed by atoms with Gasteiger partial charge >= 0.3 is 0 Å². The third-order valence-corrected chi connectivity index (χ3v) is 5.40. The summed E-state index contributed by atoms with van der Waals surface area (Å²) in [6.07, 6.45) is 0. The highest BCUT2D eigenvalue weighted by molar-refractivity contribution is 6.32. The summed E-state index contributed by atoms with van der Waals surface area (Å²) in [5.41, 5.74) is 3.45. The predicted molar refractivity (Wildman–Crippen MR) is 131 cm³/mol. The van der Waals surface area contributed by atoms with Gasteiger partial charge in [-0.1, -0.05) is 23.7 Å². The molecule has 3 aromatic carbocycles. The molecule has 1 N–H and O–H groups in total. The molecule has 0 aliphatic rings. The number of carbonyl (C=O) groups is 1. The van der Waals surface area contributed by atoms with E-state index in [4.69, 9.17) is 30.8 Å². The van der Waals surface area contributed by atoms with Crippen molar-refractivity contribution < 1.29 is 19.0 Å². The van der Waals surface area contributed by atoms with Crippen LogP contribution in [0.2, 0.25) is 5.02 Å². The second-order valence-electron chi connectivity index (χ2n) is 7.21. The van der Waals surface area contributed by atoms with E-state index in [2.05, 4.69) is 5.32 Å². The maximum Gasteiger partial charge on any atom is 0.255 e. The molecule has 4 rings (SSSR count). The molecule has 0 saturated carbocycles. The molecule has 0 aliphatic heterocycles. The Balaban J connectivity index is 1.69. The molecule has 0 unspecified atom stereocenters. The summed E-state index contributed by atoms with van der Waals surface area (Å²) in [6.45, 7) is 2.40. The van der Waals surface area contributed by atoms with E-state index >= 15 is 0 Å². The maximum atomic E-state index is 12.9. The number of anilines is 1. The van der Waals surface area contributed by atoms with E-state index < -0.39 is 0 Å². The Kier molecular flexibility index (Phi) is 6.66. The molecular weight excluding hydrogens is 440 g/mol. The minimum absolute atomic E-state index is 0.266. The number of aromatic nitrogens is 1. The summed E-state index contributed by atoms with van der Waals surface area (Å²) >= 11 is 6.17. The number of benzene rings is 3. The van der Waals surface area contributed by atoms with Crippen LogP contribution in [-0.2, 0) is 0 Å². The van der Waals surface area contributed by atoms with Crippen LogP contribution in [0, 0.1) is 0 Å². The molecule has 0 radical (unpaired) electrons. The summed E-state index contributed by atoms with van der Waals surface area (Å²) in [5.74, 6) is 1.68. The summed E-state index contributed by atoms with van der Waals surface area (Å²) in [6, 6.07) is 20.0. The molecule has 6 nitrogen and oxygen atoms in total. The van der Waals surface area contributed by atoms with Gasteiger partial charge in [-0.25, -0.2) is 4.98 Å². The number of rotatable bonds is 7. The van der Waals surface area contributed by atoms with Crippen molar-refractivity contribution in [2.24, 2.45) is 0 Å². The highest BCUT2D eigenvalue weighted by Gasteiger charge is 2.14. The zero-order valence-corrected chi connectivity index (χ0v) is 19.3. The zero-order valence-electron chi connectivity index (χ0n) is 18.5. The lowest BCUT2D eigenvalue weighted by atomic mass is 10.1. The molecule has 0 fully saturated rings. The Morgan fingerprint density at radius 3 is 2.55 bits per heavy atom. The second kappa shape index (κ2) is 9.79. The highest BCUT2D eigenvalue weighted by atomic mass is 35.5.